The molecule has 0 unspecified atom stereocenters. The van der Waals surface area contributed by atoms with Crippen molar-refractivity contribution in [1.82, 2.24) is 14.8 Å². The van der Waals surface area contributed by atoms with Gasteiger partial charge in [0.15, 0.2) is 5.65 Å². The minimum absolute atomic E-state index is 0.319. The van der Waals surface area contributed by atoms with Crippen LogP contribution in [0.4, 0.5) is 5.69 Å². The van der Waals surface area contributed by atoms with Crippen molar-refractivity contribution in [2.75, 3.05) is 12.4 Å². The van der Waals surface area contributed by atoms with E-state index in [1.807, 2.05) is 37.3 Å². The van der Waals surface area contributed by atoms with Gasteiger partial charge in [0, 0.05) is 16.9 Å². The van der Waals surface area contributed by atoms with Crippen molar-refractivity contribution < 1.29 is 9.53 Å². The van der Waals surface area contributed by atoms with Crippen LogP contribution < -0.4 is 10.1 Å². The highest BCUT2D eigenvalue weighted by Gasteiger charge is 2.22. The first-order valence-corrected chi connectivity index (χ1v) is 9.01. The number of pyridine rings is 1. The number of anilines is 1. The number of fused-ring (bicyclic) bond motifs is 1. The Morgan fingerprint density at radius 3 is 2.50 bits per heavy atom. The molecule has 0 aliphatic carbocycles. The Kier molecular flexibility index (Phi) is 4.71. The van der Waals surface area contributed by atoms with Crippen LogP contribution in [0, 0.1) is 6.92 Å². The maximum atomic E-state index is 12.8. The molecule has 2 heterocycles. The van der Waals surface area contributed by atoms with Gasteiger partial charge in [-0.2, -0.15) is 5.10 Å². The first kappa shape index (κ1) is 18.0. The SMILES string of the molecule is COc1c(C(=O)Nc2ccc(Cl)cc2)cnc2c1c(C)nn2-c1ccccc1. The summed E-state index contributed by atoms with van der Waals surface area (Å²) in [4.78, 5) is 17.3. The van der Waals surface area contributed by atoms with Crippen molar-refractivity contribution >= 4 is 34.2 Å². The Hall–Kier alpha value is -3.38. The fourth-order valence-corrected chi connectivity index (χ4v) is 3.20. The molecule has 0 spiro atoms. The van der Waals surface area contributed by atoms with Crippen molar-refractivity contribution in [3.8, 4) is 11.4 Å². The average molecular weight is 393 g/mol. The molecular formula is C21H17ClN4O2. The van der Waals surface area contributed by atoms with Crippen LogP contribution in [0.3, 0.4) is 0 Å². The lowest BCUT2D eigenvalue weighted by atomic mass is 10.1. The number of nitrogens with zero attached hydrogens (tertiary/aromatic N) is 3. The van der Waals surface area contributed by atoms with E-state index in [0.29, 0.717) is 33.1 Å². The number of para-hydroxylation sites is 1. The zero-order chi connectivity index (χ0) is 19.7. The predicted molar refractivity (Wildman–Crippen MR) is 110 cm³/mol. The van der Waals surface area contributed by atoms with E-state index in [9.17, 15) is 4.79 Å². The van der Waals surface area contributed by atoms with Gasteiger partial charge in [0.05, 0.1) is 23.9 Å². The van der Waals surface area contributed by atoms with Gasteiger partial charge in [0.1, 0.15) is 11.3 Å². The number of benzene rings is 2. The second kappa shape index (κ2) is 7.32. The number of aryl methyl sites for hydroxylation is 1. The van der Waals surface area contributed by atoms with Gasteiger partial charge >= 0.3 is 0 Å². The molecule has 0 atom stereocenters. The Balaban J connectivity index is 1.79. The molecule has 0 radical (unpaired) electrons. The molecule has 0 fully saturated rings. The van der Waals surface area contributed by atoms with Crippen LogP contribution in [0.15, 0.2) is 60.8 Å². The predicted octanol–water partition coefficient (Wildman–Crippen LogP) is 4.64. The molecule has 4 rings (SSSR count). The lowest BCUT2D eigenvalue weighted by Crippen LogP contribution is -2.14. The Bertz CT molecular complexity index is 1150. The van der Waals surface area contributed by atoms with E-state index < -0.39 is 0 Å². The van der Waals surface area contributed by atoms with E-state index in [1.54, 1.807) is 28.9 Å². The summed E-state index contributed by atoms with van der Waals surface area (Å²) < 4.78 is 7.34. The molecule has 28 heavy (non-hydrogen) atoms. The number of ether oxygens (including phenoxy) is 1. The number of carbonyl (C=O) groups excluding carboxylic acids is 1. The molecule has 2 aromatic carbocycles. The fraction of sp³-hybridized carbons (Fsp3) is 0.0952. The zero-order valence-electron chi connectivity index (χ0n) is 15.3. The third-order valence-electron chi connectivity index (χ3n) is 4.38. The summed E-state index contributed by atoms with van der Waals surface area (Å²) in [7, 11) is 1.53. The number of aromatic nitrogens is 3. The van der Waals surface area contributed by atoms with Gasteiger partial charge in [-0.15, -0.1) is 0 Å². The van der Waals surface area contributed by atoms with E-state index in [0.717, 1.165) is 11.4 Å². The third-order valence-corrected chi connectivity index (χ3v) is 4.63. The number of rotatable bonds is 4. The number of amides is 1. The normalized spacial score (nSPS) is 10.8. The highest BCUT2D eigenvalue weighted by Crippen LogP contribution is 2.32. The first-order chi connectivity index (χ1) is 13.6. The molecule has 1 amide bonds. The Labute approximate surface area is 166 Å². The van der Waals surface area contributed by atoms with Gasteiger partial charge in [-0.1, -0.05) is 29.8 Å². The van der Waals surface area contributed by atoms with Crippen LogP contribution >= 0.6 is 11.6 Å². The van der Waals surface area contributed by atoms with Crippen LogP contribution in [0.25, 0.3) is 16.7 Å². The molecule has 0 bridgehead atoms. The summed E-state index contributed by atoms with van der Waals surface area (Å²) in [5.41, 5.74) is 3.20. The summed E-state index contributed by atoms with van der Waals surface area (Å²) in [6, 6.07) is 16.6. The number of hydrogen-bond acceptors (Lipinski definition) is 4. The molecular weight excluding hydrogens is 376 g/mol. The van der Waals surface area contributed by atoms with E-state index >= 15 is 0 Å². The third kappa shape index (κ3) is 3.18. The number of carbonyl (C=O) groups is 1. The summed E-state index contributed by atoms with van der Waals surface area (Å²) in [5, 5.41) is 8.73. The van der Waals surface area contributed by atoms with Crippen molar-refractivity contribution in [1.29, 1.82) is 0 Å². The number of halogens is 1. The highest BCUT2D eigenvalue weighted by molar-refractivity contribution is 6.30. The van der Waals surface area contributed by atoms with E-state index in [1.165, 1.54) is 13.3 Å². The Morgan fingerprint density at radius 1 is 1.11 bits per heavy atom. The van der Waals surface area contributed by atoms with Crippen molar-refractivity contribution in [2.45, 2.75) is 6.92 Å². The molecule has 6 nitrogen and oxygen atoms in total. The standard InChI is InChI=1S/C21H17ClN4O2/c1-13-18-19(28-2)17(21(27)24-15-10-8-14(22)9-11-15)12-23-20(18)26(25-13)16-6-4-3-5-7-16/h3-12H,1-2H3,(H,24,27). The van der Waals surface area contributed by atoms with Gasteiger partial charge in [0.25, 0.3) is 5.91 Å². The first-order valence-electron chi connectivity index (χ1n) is 8.63. The molecule has 140 valence electrons. The minimum atomic E-state index is -0.319. The zero-order valence-corrected chi connectivity index (χ0v) is 16.1. The van der Waals surface area contributed by atoms with Gasteiger partial charge in [-0.05, 0) is 43.3 Å². The molecule has 0 saturated carbocycles. The van der Waals surface area contributed by atoms with Crippen molar-refractivity contribution in [2.24, 2.45) is 0 Å². The molecule has 7 heteroatoms. The van der Waals surface area contributed by atoms with Crippen LogP contribution in [0.5, 0.6) is 5.75 Å². The maximum absolute atomic E-state index is 12.8. The monoisotopic (exact) mass is 392 g/mol. The second-order valence-electron chi connectivity index (χ2n) is 6.20. The van der Waals surface area contributed by atoms with Gasteiger partial charge in [-0.3, -0.25) is 4.79 Å². The van der Waals surface area contributed by atoms with Gasteiger partial charge in [-0.25, -0.2) is 9.67 Å². The number of methoxy groups -OCH3 is 1. The smallest absolute Gasteiger partial charge is 0.261 e. The quantitative estimate of drug-likeness (QED) is 0.549. The topological polar surface area (TPSA) is 69.0 Å². The van der Waals surface area contributed by atoms with E-state index in [-0.39, 0.29) is 5.91 Å². The van der Waals surface area contributed by atoms with E-state index in [2.05, 4.69) is 15.4 Å². The summed E-state index contributed by atoms with van der Waals surface area (Å²) in [5.74, 6) is 0.122. The lowest BCUT2D eigenvalue weighted by Gasteiger charge is -2.11. The van der Waals surface area contributed by atoms with Gasteiger partial charge < -0.3 is 10.1 Å². The fourth-order valence-electron chi connectivity index (χ4n) is 3.07. The van der Waals surface area contributed by atoms with Crippen LogP contribution in [0.2, 0.25) is 5.02 Å². The molecule has 4 aromatic rings. The average Bonchev–Trinajstić information content (AvgIpc) is 3.06. The minimum Gasteiger partial charge on any atom is -0.495 e. The summed E-state index contributed by atoms with van der Waals surface area (Å²) in [6.07, 6.45) is 1.51. The number of nitrogens with one attached hydrogen (secondary N) is 1. The Morgan fingerprint density at radius 2 is 1.82 bits per heavy atom. The van der Waals surface area contributed by atoms with Crippen molar-refractivity contribution in [3.63, 3.8) is 0 Å². The highest BCUT2D eigenvalue weighted by atomic mass is 35.5. The van der Waals surface area contributed by atoms with Crippen LogP contribution in [0.1, 0.15) is 16.1 Å². The number of hydrogen-bond donors (Lipinski definition) is 1. The maximum Gasteiger partial charge on any atom is 0.261 e. The van der Waals surface area contributed by atoms with Crippen molar-refractivity contribution in [3.05, 3.63) is 77.1 Å². The summed E-state index contributed by atoms with van der Waals surface area (Å²) in [6.45, 7) is 1.87. The van der Waals surface area contributed by atoms with Crippen LogP contribution in [-0.4, -0.2) is 27.8 Å². The van der Waals surface area contributed by atoms with Gasteiger partial charge in [0.2, 0.25) is 0 Å². The molecule has 1 N–H and O–H groups in total. The summed E-state index contributed by atoms with van der Waals surface area (Å²) >= 11 is 5.90. The largest absolute Gasteiger partial charge is 0.495 e. The van der Waals surface area contributed by atoms with E-state index in [4.69, 9.17) is 16.3 Å². The molecule has 0 aliphatic heterocycles. The van der Waals surface area contributed by atoms with Crippen LogP contribution in [-0.2, 0) is 0 Å². The molecule has 0 saturated heterocycles. The molecule has 0 aliphatic rings. The second-order valence-corrected chi connectivity index (χ2v) is 6.63. The molecule has 2 aromatic heterocycles. The lowest BCUT2D eigenvalue weighted by molar-refractivity contribution is 0.102.